The van der Waals surface area contributed by atoms with Gasteiger partial charge in [0.25, 0.3) is 0 Å². The highest BCUT2D eigenvalue weighted by Gasteiger charge is 2.09. The van der Waals surface area contributed by atoms with E-state index in [1.54, 1.807) is 25.3 Å². The third-order valence-corrected chi connectivity index (χ3v) is 3.60. The molecule has 1 amide bonds. The van der Waals surface area contributed by atoms with Crippen LogP contribution < -0.4 is 10.1 Å². The predicted molar refractivity (Wildman–Crippen MR) is 89.2 cm³/mol. The van der Waals surface area contributed by atoms with Crippen molar-refractivity contribution in [2.24, 2.45) is 0 Å². The number of nitrogens with zero attached hydrogens (tertiary/aromatic N) is 1. The van der Waals surface area contributed by atoms with Crippen molar-refractivity contribution in [2.75, 3.05) is 13.7 Å². The van der Waals surface area contributed by atoms with Crippen LogP contribution >= 0.6 is 0 Å². The smallest absolute Gasteiger partial charge is 0.224 e. The minimum absolute atomic E-state index is 0.0697. The zero-order valence-corrected chi connectivity index (χ0v) is 13.2. The molecule has 0 saturated carbocycles. The Balaban J connectivity index is 1.80. The van der Waals surface area contributed by atoms with Gasteiger partial charge < -0.3 is 10.1 Å². The standard InChI is InChI=1S/C19H20N2O2/c1-23-18-10-9-16(17(12-18)14-20)13-19(22)21-11-5-8-15-6-3-2-4-7-15/h2-4,6-7,9-10,12H,5,8,11,13H2,1H3,(H,21,22). The number of amides is 1. The second-order valence-electron chi connectivity index (χ2n) is 5.25. The van der Waals surface area contributed by atoms with Crippen LogP contribution in [0.2, 0.25) is 0 Å². The Bertz CT molecular complexity index is 690. The average molecular weight is 308 g/mol. The van der Waals surface area contributed by atoms with Crippen LogP contribution in [0.15, 0.2) is 48.5 Å². The van der Waals surface area contributed by atoms with E-state index in [-0.39, 0.29) is 12.3 Å². The monoisotopic (exact) mass is 308 g/mol. The number of ether oxygens (including phenoxy) is 1. The Morgan fingerprint density at radius 3 is 2.70 bits per heavy atom. The van der Waals surface area contributed by atoms with Crippen molar-refractivity contribution < 1.29 is 9.53 Å². The normalized spacial score (nSPS) is 9.91. The highest BCUT2D eigenvalue weighted by molar-refractivity contribution is 5.79. The number of benzene rings is 2. The summed E-state index contributed by atoms with van der Waals surface area (Å²) in [5.41, 5.74) is 2.46. The van der Waals surface area contributed by atoms with Gasteiger partial charge in [-0.15, -0.1) is 0 Å². The lowest BCUT2D eigenvalue weighted by Gasteiger charge is -2.08. The Hall–Kier alpha value is -2.80. The van der Waals surface area contributed by atoms with Crippen molar-refractivity contribution in [1.82, 2.24) is 5.32 Å². The van der Waals surface area contributed by atoms with E-state index < -0.39 is 0 Å². The number of hydrogen-bond donors (Lipinski definition) is 1. The van der Waals surface area contributed by atoms with E-state index in [1.807, 2.05) is 18.2 Å². The van der Waals surface area contributed by atoms with E-state index in [4.69, 9.17) is 10.00 Å². The molecule has 0 bridgehead atoms. The summed E-state index contributed by atoms with van der Waals surface area (Å²) in [7, 11) is 1.55. The number of nitriles is 1. The van der Waals surface area contributed by atoms with Crippen LogP contribution in [0.5, 0.6) is 5.75 Å². The molecule has 0 spiro atoms. The van der Waals surface area contributed by atoms with Gasteiger partial charge in [-0.3, -0.25) is 4.79 Å². The number of rotatable bonds is 7. The molecule has 0 aliphatic rings. The molecular formula is C19H20N2O2. The quantitative estimate of drug-likeness (QED) is 0.800. The van der Waals surface area contributed by atoms with Gasteiger partial charge in [0, 0.05) is 6.54 Å². The molecule has 0 unspecified atom stereocenters. The molecule has 4 nitrogen and oxygen atoms in total. The zero-order valence-electron chi connectivity index (χ0n) is 13.2. The average Bonchev–Trinajstić information content (AvgIpc) is 2.60. The van der Waals surface area contributed by atoms with E-state index in [2.05, 4.69) is 23.5 Å². The second-order valence-corrected chi connectivity index (χ2v) is 5.25. The topological polar surface area (TPSA) is 62.1 Å². The predicted octanol–water partition coefficient (Wildman–Crippen LogP) is 2.86. The largest absolute Gasteiger partial charge is 0.497 e. The van der Waals surface area contributed by atoms with Gasteiger partial charge in [-0.05, 0) is 36.1 Å². The van der Waals surface area contributed by atoms with Gasteiger partial charge in [0.05, 0.1) is 25.2 Å². The first-order valence-electron chi connectivity index (χ1n) is 7.60. The van der Waals surface area contributed by atoms with Crippen molar-refractivity contribution >= 4 is 5.91 Å². The molecule has 118 valence electrons. The SMILES string of the molecule is COc1ccc(CC(=O)NCCCc2ccccc2)c(C#N)c1. The zero-order chi connectivity index (χ0) is 16.5. The fraction of sp³-hybridized carbons (Fsp3) is 0.263. The van der Waals surface area contributed by atoms with Crippen LogP contribution in [-0.4, -0.2) is 19.6 Å². The van der Waals surface area contributed by atoms with Crippen LogP contribution in [0.1, 0.15) is 23.1 Å². The Morgan fingerprint density at radius 2 is 2.00 bits per heavy atom. The summed E-state index contributed by atoms with van der Waals surface area (Å²) < 4.78 is 5.09. The van der Waals surface area contributed by atoms with E-state index in [0.29, 0.717) is 23.4 Å². The molecule has 2 aromatic carbocycles. The van der Waals surface area contributed by atoms with Gasteiger partial charge in [-0.1, -0.05) is 36.4 Å². The maximum Gasteiger partial charge on any atom is 0.224 e. The number of aryl methyl sites for hydroxylation is 1. The van der Waals surface area contributed by atoms with Crippen LogP contribution in [0, 0.1) is 11.3 Å². The third kappa shape index (κ3) is 5.15. The van der Waals surface area contributed by atoms with Crippen LogP contribution in [0.25, 0.3) is 0 Å². The van der Waals surface area contributed by atoms with Crippen molar-refractivity contribution in [2.45, 2.75) is 19.3 Å². The van der Waals surface area contributed by atoms with Gasteiger partial charge >= 0.3 is 0 Å². The van der Waals surface area contributed by atoms with Gasteiger partial charge in [0.2, 0.25) is 5.91 Å². The van der Waals surface area contributed by atoms with Crippen molar-refractivity contribution in [3.8, 4) is 11.8 Å². The Morgan fingerprint density at radius 1 is 1.22 bits per heavy atom. The van der Waals surface area contributed by atoms with Gasteiger partial charge in [0.15, 0.2) is 0 Å². The highest BCUT2D eigenvalue weighted by Crippen LogP contribution is 2.17. The number of hydrogen-bond acceptors (Lipinski definition) is 3. The fourth-order valence-electron chi connectivity index (χ4n) is 2.34. The van der Waals surface area contributed by atoms with E-state index in [9.17, 15) is 4.79 Å². The number of carbonyl (C=O) groups is 1. The van der Waals surface area contributed by atoms with Crippen molar-refractivity contribution in [3.05, 3.63) is 65.2 Å². The first-order chi connectivity index (χ1) is 11.2. The molecule has 0 atom stereocenters. The molecule has 0 aliphatic heterocycles. The number of methoxy groups -OCH3 is 1. The number of carbonyl (C=O) groups excluding carboxylic acids is 1. The highest BCUT2D eigenvalue weighted by atomic mass is 16.5. The second kappa shape index (κ2) is 8.60. The molecule has 0 aromatic heterocycles. The summed E-state index contributed by atoms with van der Waals surface area (Å²) >= 11 is 0. The van der Waals surface area contributed by atoms with E-state index in [1.165, 1.54) is 5.56 Å². The molecule has 0 fully saturated rings. The van der Waals surface area contributed by atoms with Gasteiger partial charge in [0.1, 0.15) is 5.75 Å². The summed E-state index contributed by atoms with van der Waals surface area (Å²) in [6, 6.07) is 17.5. The fourth-order valence-corrected chi connectivity index (χ4v) is 2.34. The third-order valence-electron chi connectivity index (χ3n) is 3.60. The maximum atomic E-state index is 12.0. The molecule has 4 heteroatoms. The molecule has 0 aliphatic carbocycles. The summed E-state index contributed by atoms with van der Waals surface area (Å²) in [4.78, 5) is 12.0. The lowest BCUT2D eigenvalue weighted by molar-refractivity contribution is -0.120. The van der Waals surface area contributed by atoms with Crippen molar-refractivity contribution in [3.63, 3.8) is 0 Å². The van der Waals surface area contributed by atoms with Crippen LogP contribution in [0.3, 0.4) is 0 Å². The summed E-state index contributed by atoms with van der Waals surface area (Å²) in [5.74, 6) is 0.549. The molecule has 23 heavy (non-hydrogen) atoms. The summed E-state index contributed by atoms with van der Waals surface area (Å²) in [5, 5.41) is 12.1. The molecule has 0 heterocycles. The van der Waals surface area contributed by atoms with Crippen molar-refractivity contribution in [1.29, 1.82) is 5.26 Å². The number of nitrogens with one attached hydrogen (secondary N) is 1. The molecule has 0 saturated heterocycles. The first kappa shape index (κ1) is 16.6. The molecular weight excluding hydrogens is 288 g/mol. The van der Waals surface area contributed by atoms with E-state index in [0.717, 1.165) is 12.8 Å². The maximum absolute atomic E-state index is 12.0. The van der Waals surface area contributed by atoms with Gasteiger partial charge in [-0.25, -0.2) is 0 Å². The first-order valence-corrected chi connectivity index (χ1v) is 7.60. The van der Waals surface area contributed by atoms with Crippen LogP contribution in [0.4, 0.5) is 0 Å². The minimum Gasteiger partial charge on any atom is -0.497 e. The van der Waals surface area contributed by atoms with Crippen LogP contribution in [-0.2, 0) is 17.6 Å². The summed E-state index contributed by atoms with van der Waals surface area (Å²) in [6.45, 7) is 0.631. The molecule has 2 rings (SSSR count). The lowest BCUT2D eigenvalue weighted by Crippen LogP contribution is -2.26. The molecule has 0 radical (unpaired) electrons. The van der Waals surface area contributed by atoms with Gasteiger partial charge in [-0.2, -0.15) is 5.26 Å². The Labute approximate surface area is 136 Å². The van der Waals surface area contributed by atoms with E-state index >= 15 is 0 Å². The molecule has 2 aromatic rings. The molecule has 1 N–H and O–H groups in total. The lowest BCUT2D eigenvalue weighted by atomic mass is 10.0. The Kier molecular flexibility index (Phi) is 6.19. The summed E-state index contributed by atoms with van der Waals surface area (Å²) in [6.07, 6.45) is 2.04. The minimum atomic E-state index is -0.0697.